The molecule has 5 heteroatoms. The molecule has 0 aromatic heterocycles. The number of hydrogen-bond donors (Lipinski definition) is 1. The van der Waals surface area contributed by atoms with Gasteiger partial charge in [0.25, 0.3) is 0 Å². The molecule has 1 aromatic rings. The summed E-state index contributed by atoms with van der Waals surface area (Å²) in [6, 6.07) is 2.58. The van der Waals surface area contributed by atoms with Gasteiger partial charge in [-0.15, -0.1) is 0 Å². The third kappa shape index (κ3) is 1.84. The molecular formula is C7H3Br2FO2. The van der Waals surface area contributed by atoms with Gasteiger partial charge in [0.05, 0.1) is 0 Å². The van der Waals surface area contributed by atoms with E-state index < -0.39 is 11.8 Å². The van der Waals surface area contributed by atoms with Gasteiger partial charge < -0.3 is 5.11 Å². The van der Waals surface area contributed by atoms with E-state index in [4.69, 9.17) is 5.11 Å². The van der Waals surface area contributed by atoms with Crippen molar-refractivity contribution >= 4 is 37.8 Å². The highest BCUT2D eigenvalue weighted by molar-refractivity contribution is 9.11. The fraction of sp³-hybridized carbons (Fsp3) is 0. The number of aromatic carboxylic acids is 1. The van der Waals surface area contributed by atoms with Crippen LogP contribution in [0.4, 0.5) is 4.39 Å². The van der Waals surface area contributed by atoms with Crippen LogP contribution >= 0.6 is 31.9 Å². The second-order valence-electron chi connectivity index (χ2n) is 2.05. The molecule has 12 heavy (non-hydrogen) atoms. The van der Waals surface area contributed by atoms with Crippen molar-refractivity contribution in [2.24, 2.45) is 0 Å². The van der Waals surface area contributed by atoms with Crippen LogP contribution in [0, 0.1) is 5.82 Å². The van der Waals surface area contributed by atoms with Gasteiger partial charge in [0, 0.05) is 8.95 Å². The van der Waals surface area contributed by atoms with Gasteiger partial charge in [-0.25, -0.2) is 9.18 Å². The van der Waals surface area contributed by atoms with Crippen LogP contribution in [-0.4, -0.2) is 11.1 Å². The Hall–Kier alpha value is -0.420. The molecule has 0 fully saturated rings. The summed E-state index contributed by atoms with van der Waals surface area (Å²) in [5, 5.41) is 8.55. The molecule has 0 aliphatic heterocycles. The number of carboxylic acids is 1. The van der Waals surface area contributed by atoms with Crippen LogP contribution in [0.25, 0.3) is 0 Å². The molecule has 0 radical (unpaired) electrons. The van der Waals surface area contributed by atoms with Gasteiger partial charge in [-0.3, -0.25) is 0 Å². The highest BCUT2D eigenvalue weighted by Gasteiger charge is 2.14. The highest BCUT2D eigenvalue weighted by Crippen LogP contribution is 2.24. The lowest BCUT2D eigenvalue weighted by Crippen LogP contribution is -2.01. The minimum Gasteiger partial charge on any atom is -0.478 e. The lowest BCUT2D eigenvalue weighted by atomic mass is 10.2. The lowest BCUT2D eigenvalue weighted by Gasteiger charge is -2.00. The average Bonchev–Trinajstić information content (AvgIpc) is 1.82. The number of carbonyl (C=O) groups is 1. The maximum absolute atomic E-state index is 12.9. The Balaban J connectivity index is 3.38. The monoisotopic (exact) mass is 296 g/mol. The molecule has 0 saturated heterocycles. The first-order valence-corrected chi connectivity index (χ1v) is 4.49. The smallest absolute Gasteiger partial charge is 0.339 e. The highest BCUT2D eigenvalue weighted by atomic mass is 79.9. The van der Waals surface area contributed by atoms with Gasteiger partial charge >= 0.3 is 5.97 Å². The molecule has 2 nitrogen and oxygen atoms in total. The number of rotatable bonds is 1. The predicted molar refractivity (Wildman–Crippen MR) is 48.8 cm³/mol. The van der Waals surface area contributed by atoms with Crippen molar-refractivity contribution in [1.82, 2.24) is 0 Å². The molecule has 64 valence electrons. The van der Waals surface area contributed by atoms with Gasteiger partial charge in [0.1, 0.15) is 11.4 Å². The van der Waals surface area contributed by atoms with Crippen LogP contribution in [0.15, 0.2) is 21.1 Å². The minimum absolute atomic E-state index is 0.224. The second-order valence-corrected chi connectivity index (χ2v) is 3.82. The summed E-state index contributed by atoms with van der Waals surface area (Å²) in [6.07, 6.45) is 0. The van der Waals surface area contributed by atoms with E-state index in [1.807, 2.05) is 0 Å². The largest absolute Gasteiger partial charge is 0.478 e. The van der Waals surface area contributed by atoms with Crippen molar-refractivity contribution in [1.29, 1.82) is 0 Å². The Morgan fingerprint density at radius 1 is 1.42 bits per heavy atom. The topological polar surface area (TPSA) is 37.3 Å². The van der Waals surface area contributed by atoms with Crippen LogP contribution in [-0.2, 0) is 0 Å². The fourth-order valence-corrected chi connectivity index (χ4v) is 2.09. The zero-order valence-electron chi connectivity index (χ0n) is 5.64. The van der Waals surface area contributed by atoms with E-state index in [2.05, 4.69) is 31.9 Å². The van der Waals surface area contributed by atoms with E-state index in [0.29, 0.717) is 4.47 Å². The molecular weight excluding hydrogens is 295 g/mol. The Morgan fingerprint density at radius 2 is 2.00 bits per heavy atom. The van der Waals surface area contributed by atoms with Crippen molar-refractivity contribution in [2.45, 2.75) is 0 Å². The standard InChI is InChI=1S/C7H3Br2FO2/c8-3-1-4(9)6(7(11)12)5(10)2-3/h1-2H,(H,11,12). The van der Waals surface area contributed by atoms with Gasteiger partial charge in [-0.2, -0.15) is 0 Å². The molecule has 1 rings (SSSR count). The summed E-state index contributed by atoms with van der Waals surface area (Å²) in [5.41, 5.74) is -0.349. The average molecular weight is 298 g/mol. The van der Waals surface area contributed by atoms with E-state index in [1.54, 1.807) is 0 Å². The Kier molecular flexibility index (Phi) is 2.85. The third-order valence-electron chi connectivity index (χ3n) is 1.22. The van der Waals surface area contributed by atoms with E-state index >= 15 is 0 Å². The van der Waals surface area contributed by atoms with Crippen molar-refractivity contribution in [2.75, 3.05) is 0 Å². The van der Waals surface area contributed by atoms with Crippen molar-refractivity contribution < 1.29 is 14.3 Å². The van der Waals surface area contributed by atoms with E-state index in [-0.39, 0.29) is 10.0 Å². The lowest BCUT2D eigenvalue weighted by molar-refractivity contribution is 0.0691. The molecule has 0 aliphatic carbocycles. The van der Waals surface area contributed by atoms with Crippen LogP contribution in [0.5, 0.6) is 0 Å². The zero-order chi connectivity index (χ0) is 9.30. The Bertz CT molecular complexity index is 315. The van der Waals surface area contributed by atoms with Crippen molar-refractivity contribution in [3.05, 3.63) is 32.5 Å². The summed E-state index contributed by atoms with van der Waals surface area (Å²) in [7, 11) is 0. The number of carboxylic acid groups (broad SMARTS) is 1. The summed E-state index contributed by atoms with van der Waals surface area (Å²) >= 11 is 5.98. The molecule has 1 aromatic carbocycles. The first kappa shape index (κ1) is 9.67. The summed E-state index contributed by atoms with van der Waals surface area (Å²) < 4.78 is 13.6. The van der Waals surface area contributed by atoms with Gasteiger partial charge in [0.2, 0.25) is 0 Å². The molecule has 0 unspecified atom stereocenters. The number of hydrogen-bond acceptors (Lipinski definition) is 1. The Morgan fingerprint density at radius 3 is 2.42 bits per heavy atom. The minimum atomic E-state index is -1.29. The van der Waals surface area contributed by atoms with Crippen molar-refractivity contribution in [3.63, 3.8) is 0 Å². The normalized spacial score (nSPS) is 9.92. The first-order valence-electron chi connectivity index (χ1n) is 2.90. The molecule has 0 aliphatic rings. The van der Waals surface area contributed by atoms with Crippen LogP contribution < -0.4 is 0 Å². The first-order chi connectivity index (χ1) is 5.52. The van der Waals surface area contributed by atoms with E-state index in [1.165, 1.54) is 6.07 Å². The molecule has 1 N–H and O–H groups in total. The molecule has 0 amide bonds. The molecule has 0 saturated carbocycles. The fourth-order valence-electron chi connectivity index (χ4n) is 0.747. The summed E-state index contributed by atoms with van der Waals surface area (Å²) in [5.74, 6) is -2.05. The van der Waals surface area contributed by atoms with Crippen LogP contribution in [0.3, 0.4) is 0 Å². The zero-order valence-corrected chi connectivity index (χ0v) is 8.82. The van der Waals surface area contributed by atoms with Gasteiger partial charge in [-0.05, 0) is 28.1 Å². The molecule has 0 heterocycles. The van der Waals surface area contributed by atoms with Gasteiger partial charge in [0.15, 0.2) is 0 Å². The van der Waals surface area contributed by atoms with Crippen LogP contribution in [0.1, 0.15) is 10.4 Å². The maximum Gasteiger partial charge on any atom is 0.339 e. The number of benzene rings is 1. The SMILES string of the molecule is O=C(O)c1c(F)cc(Br)cc1Br. The molecule has 0 bridgehead atoms. The molecule has 0 atom stereocenters. The van der Waals surface area contributed by atoms with E-state index in [9.17, 15) is 9.18 Å². The van der Waals surface area contributed by atoms with Crippen LogP contribution in [0.2, 0.25) is 0 Å². The predicted octanol–water partition coefficient (Wildman–Crippen LogP) is 3.05. The summed E-state index contributed by atoms with van der Waals surface area (Å²) in [4.78, 5) is 10.5. The van der Waals surface area contributed by atoms with Crippen molar-refractivity contribution in [3.8, 4) is 0 Å². The molecule has 0 spiro atoms. The Labute approximate surface area is 84.7 Å². The maximum atomic E-state index is 12.9. The quantitative estimate of drug-likeness (QED) is 0.865. The van der Waals surface area contributed by atoms with Gasteiger partial charge in [-0.1, -0.05) is 15.9 Å². The summed E-state index contributed by atoms with van der Waals surface area (Å²) in [6.45, 7) is 0. The number of halogens is 3. The second kappa shape index (κ2) is 3.53. The van der Waals surface area contributed by atoms with E-state index in [0.717, 1.165) is 6.07 Å². The third-order valence-corrected chi connectivity index (χ3v) is 2.30.